The van der Waals surface area contributed by atoms with Gasteiger partial charge in [0.2, 0.25) is 0 Å². The Morgan fingerprint density at radius 1 is 0.545 bits per heavy atom. The van der Waals surface area contributed by atoms with Crippen LogP contribution in [0.25, 0.3) is 0 Å². The molecule has 0 unspecified atom stereocenters. The third kappa shape index (κ3) is 10.9. The van der Waals surface area contributed by atoms with Crippen molar-refractivity contribution in [3.05, 3.63) is 0 Å². The van der Waals surface area contributed by atoms with E-state index in [0.717, 1.165) is 0 Å². The van der Waals surface area contributed by atoms with E-state index in [9.17, 15) is 0 Å². The van der Waals surface area contributed by atoms with Crippen LogP contribution in [0.4, 0.5) is 0 Å². The van der Waals surface area contributed by atoms with E-state index in [4.69, 9.17) is 18.8 Å². The summed E-state index contributed by atoms with van der Waals surface area (Å²) >= 11 is -0.472. The molecular weight excluding hydrogens is 534 g/mol. The van der Waals surface area contributed by atoms with Crippen molar-refractivity contribution in [3.63, 3.8) is 0 Å². The molecule has 0 atom stereocenters. The minimum atomic E-state index is -0.644. The van der Waals surface area contributed by atoms with Crippen LogP contribution in [-0.2, 0) is 16.5 Å². The molecule has 0 bridgehead atoms. The zero-order valence-corrected chi connectivity index (χ0v) is 22.4. The summed E-state index contributed by atoms with van der Waals surface area (Å²) < 4.78 is 0. The molecule has 0 aliphatic heterocycles. The number of rotatable bonds is 2. The molecule has 0 saturated carbocycles. The number of nitrogens with one attached hydrogen (secondary N) is 1. The van der Waals surface area contributed by atoms with E-state index in [-0.39, 0.29) is 0 Å². The molecule has 0 amide bonds. The zero-order chi connectivity index (χ0) is 18.6. The van der Waals surface area contributed by atoms with Crippen LogP contribution >= 0.6 is 35.0 Å². The Morgan fingerprint density at radius 2 is 0.682 bits per heavy atom. The van der Waals surface area contributed by atoms with Crippen molar-refractivity contribution >= 4 is 35.0 Å². The van der Waals surface area contributed by atoms with Crippen LogP contribution in [0.1, 0.15) is 83.1 Å². The van der Waals surface area contributed by atoms with Crippen LogP contribution in [0.15, 0.2) is 0 Å². The van der Waals surface area contributed by atoms with Gasteiger partial charge in [0.25, 0.3) is 0 Å². The summed E-state index contributed by atoms with van der Waals surface area (Å²) in [7, 11) is 8.46. The first-order chi connectivity index (χ1) is 9.39. The van der Waals surface area contributed by atoms with Gasteiger partial charge in [-0.1, -0.05) is 4.86 Å². The Morgan fingerprint density at radius 3 is 0.773 bits per heavy atom. The zero-order valence-electron chi connectivity index (χ0n) is 16.6. The first-order valence-electron chi connectivity index (χ1n) is 7.74. The molecule has 0 saturated heterocycles. The predicted octanol–water partition coefficient (Wildman–Crippen LogP) is 7.40. The molecule has 140 valence electrons. The van der Waals surface area contributed by atoms with Gasteiger partial charge in [-0.15, -0.1) is 0 Å². The monoisotopic (exact) mass is 572 g/mol. The van der Waals surface area contributed by atoms with Crippen molar-refractivity contribution in [2.45, 2.75) is 104 Å². The first kappa shape index (κ1) is 26.3. The van der Waals surface area contributed by atoms with Gasteiger partial charge >= 0.3 is 35.3 Å². The summed E-state index contributed by atoms with van der Waals surface area (Å²) in [5.74, 6) is 0. The Hall–Kier alpha value is 2.09. The van der Waals surface area contributed by atoms with Gasteiger partial charge in [0.1, 0.15) is 16.1 Å². The second-order valence-corrected chi connectivity index (χ2v) is 21.7. The van der Waals surface area contributed by atoms with E-state index in [1.165, 1.54) is 0 Å². The van der Waals surface area contributed by atoms with Crippen LogP contribution in [-0.4, -0.2) is 20.6 Å². The predicted molar refractivity (Wildman–Crippen MR) is 110 cm³/mol. The van der Waals surface area contributed by atoms with E-state index in [2.05, 4.69) is 87.9 Å². The summed E-state index contributed by atoms with van der Waals surface area (Å²) in [6, 6.07) is 0. The molecule has 0 aliphatic carbocycles. The van der Waals surface area contributed by atoms with Crippen LogP contribution in [0.2, 0.25) is 0 Å². The molecule has 0 aromatic carbocycles. The van der Waals surface area contributed by atoms with Crippen LogP contribution < -0.4 is 4.86 Å². The van der Waals surface area contributed by atoms with Crippen molar-refractivity contribution < 1.29 is 16.5 Å². The summed E-state index contributed by atoms with van der Waals surface area (Å²) in [4.78, 5) is 4.22. The molecule has 0 fully saturated rings. The van der Waals surface area contributed by atoms with E-state index < -0.39 is 32.6 Å². The Balaban J connectivity index is 0. The van der Waals surface area contributed by atoms with Gasteiger partial charge in [-0.2, -0.15) is 0 Å². The summed E-state index contributed by atoms with van der Waals surface area (Å²) in [5.41, 5.74) is 0. The fraction of sp³-hybridized carbons (Fsp3) is 1.00. The molecule has 0 aliphatic rings. The van der Waals surface area contributed by atoms with Gasteiger partial charge in [-0.25, -0.2) is 0 Å². The first-order valence-corrected chi connectivity index (χ1v) is 16.4. The molecular formula is C16H39Cl2NP2Pt+2. The van der Waals surface area contributed by atoms with Crippen molar-refractivity contribution in [1.82, 2.24) is 4.86 Å². The fourth-order valence-electron chi connectivity index (χ4n) is 3.12. The van der Waals surface area contributed by atoms with E-state index in [1.54, 1.807) is 0 Å². The molecule has 0 radical (unpaired) electrons. The second kappa shape index (κ2) is 9.69. The molecule has 1 nitrogen and oxygen atoms in total. The number of hydrogen-bond donors (Lipinski definition) is 1. The maximum absolute atomic E-state index is 4.88. The van der Waals surface area contributed by atoms with Gasteiger partial charge in [-0.3, -0.25) is 0 Å². The summed E-state index contributed by atoms with van der Waals surface area (Å²) in [5, 5.41) is 1.54. The topological polar surface area (TPSA) is 12.0 Å². The van der Waals surface area contributed by atoms with E-state index in [0.29, 0.717) is 20.6 Å². The molecule has 0 heterocycles. The summed E-state index contributed by atoms with van der Waals surface area (Å²) in [6.45, 7) is 28.9. The molecule has 22 heavy (non-hydrogen) atoms. The Kier molecular flexibility index (Phi) is 11.6. The van der Waals surface area contributed by atoms with Gasteiger partial charge in [0, 0.05) is 0 Å². The molecule has 0 aromatic rings. The van der Waals surface area contributed by atoms with Crippen LogP contribution in [0.5, 0.6) is 0 Å². The van der Waals surface area contributed by atoms with E-state index in [1.807, 2.05) is 0 Å². The molecule has 0 rings (SSSR count). The van der Waals surface area contributed by atoms with Gasteiger partial charge in [0.15, 0.2) is 0 Å². The average molecular weight is 573 g/mol. The van der Waals surface area contributed by atoms with Crippen molar-refractivity contribution in [3.8, 4) is 0 Å². The van der Waals surface area contributed by atoms with Gasteiger partial charge in [0.05, 0.1) is 20.6 Å². The second-order valence-electron chi connectivity index (χ2n) is 9.92. The third-order valence-corrected chi connectivity index (χ3v) is 11.2. The SMILES string of the molecule is CC(C)(C)[PH+](N[PH+](C(C)(C)C)C(C)(C)C)C(C)(C)C.[Cl][Pt][Cl]. The maximum atomic E-state index is 4.88. The Labute approximate surface area is 159 Å². The molecule has 0 aromatic heterocycles. The third-order valence-electron chi connectivity index (χ3n) is 3.25. The normalized spacial score (nSPS) is 14.4. The van der Waals surface area contributed by atoms with Crippen molar-refractivity contribution in [2.24, 2.45) is 0 Å². The number of hydrogen-bond acceptors (Lipinski definition) is 1. The fourth-order valence-corrected chi connectivity index (χ4v) is 14.6. The Bertz CT molecular complexity index is 254. The van der Waals surface area contributed by atoms with Crippen molar-refractivity contribution in [2.75, 3.05) is 0 Å². The standard InChI is InChI=1S/C16H37NP2.2ClH.Pt/c1-13(2,3)18(14(4,5)6)17-19(15(7,8)9)16(10,11)12;;;/h17H,1-12H3;2*1H;/q;;;+2. The van der Waals surface area contributed by atoms with Crippen LogP contribution in [0, 0.1) is 0 Å². The molecule has 1 N–H and O–H groups in total. The number of halogens is 2. The van der Waals surface area contributed by atoms with E-state index >= 15 is 0 Å². The summed E-state index contributed by atoms with van der Waals surface area (Å²) in [6.07, 6.45) is 0. The average Bonchev–Trinajstić information content (AvgIpc) is 2.09. The molecule has 0 spiro atoms. The quantitative estimate of drug-likeness (QED) is 0.340. The van der Waals surface area contributed by atoms with Crippen LogP contribution in [0.3, 0.4) is 0 Å². The van der Waals surface area contributed by atoms with Gasteiger partial charge < -0.3 is 0 Å². The molecule has 6 heteroatoms. The minimum absolute atomic E-state index is 0.384. The van der Waals surface area contributed by atoms with Crippen molar-refractivity contribution in [1.29, 1.82) is 0 Å². The van der Waals surface area contributed by atoms with Gasteiger partial charge in [-0.05, 0) is 83.1 Å².